The van der Waals surface area contributed by atoms with Crippen molar-refractivity contribution in [1.82, 2.24) is 0 Å². The van der Waals surface area contributed by atoms with E-state index in [-0.39, 0.29) is 6.04 Å². The van der Waals surface area contributed by atoms with Gasteiger partial charge in [0.2, 0.25) is 0 Å². The van der Waals surface area contributed by atoms with Crippen LogP contribution >= 0.6 is 0 Å². The summed E-state index contributed by atoms with van der Waals surface area (Å²) in [5, 5.41) is 0. The van der Waals surface area contributed by atoms with Crippen molar-refractivity contribution in [2.45, 2.75) is 32.7 Å². The van der Waals surface area contributed by atoms with Gasteiger partial charge in [-0.3, -0.25) is 0 Å². The molecule has 0 heterocycles. The van der Waals surface area contributed by atoms with Gasteiger partial charge < -0.3 is 5.73 Å². The minimum absolute atomic E-state index is 0.129. The van der Waals surface area contributed by atoms with Crippen molar-refractivity contribution < 1.29 is 0 Å². The second-order valence-electron chi connectivity index (χ2n) is 3.71. The predicted molar refractivity (Wildman–Crippen MR) is 63.1 cm³/mol. The van der Waals surface area contributed by atoms with Crippen LogP contribution in [0.5, 0.6) is 0 Å². The van der Waals surface area contributed by atoms with Gasteiger partial charge in [0.1, 0.15) is 0 Å². The van der Waals surface area contributed by atoms with Crippen LogP contribution in [0.1, 0.15) is 31.4 Å². The highest BCUT2D eigenvalue weighted by atomic mass is 14.6. The molecule has 0 saturated heterocycles. The Labute approximate surface area is 86.6 Å². The SMILES string of the molecule is CCCc1cccc(/C=C/C(C)N)c1. The lowest BCUT2D eigenvalue weighted by Crippen LogP contribution is -2.09. The molecule has 1 heteroatoms. The molecule has 14 heavy (non-hydrogen) atoms. The smallest absolute Gasteiger partial charge is 0.0198 e. The Bertz CT molecular complexity index is 300. The summed E-state index contributed by atoms with van der Waals surface area (Å²) >= 11 is 0. The van der Waals surface area contributed by atoms with Crippen LogP contribution in [0, 0.1) is 0 Å². The summed E-state index contributed by atoms with van der Waals surface area (Å²) in [5.41, 5.74) is 8.30. The lowest BCUT2D eigenvalue weighted by atomic mass is 10.1. The molecule has 0 saturated carbocycles. The second kappa shape index (κ2) is 5.61. The molecule has 0 aliphatic carbocycles. The van der Waals surface area contributed by atoms with E-state index >= 15 is 0 Å². The molecule has 0 radical (unpaired) electrons. The summed E-state index contributed by atoms with van der Waals surface area (Å²) in [7, 11) is 0. The molecule has 0 bridgehead atoms. The van der Waals surface area contributed by atoms with E-state index in [1.165, 1.54) is 17.5 Å². The molecule has 0 aromatic heterocycles. The Morgan fingerprint density at radius 1 is 1.43 bits per heavy atom. The van der Waals surface area contributed by atoms with Gasteiger partial charge in [0.25, 0.3) is 0 Å². The minimum Gasteiger partial charge on any atom is -0.325 e. The van der Waals surface area contributed by atoms with Crippen molar-refractivity contribution in [1.29, 1.82) is 0 Å². The lowest BCUT2D eigenvalue weighted by molar-refractivity contribution is 0.920. The maximum absolute atomic E-state index is 5.65. The van der Waals surface area contributed by atoms with E-state index in [0.717, 1.165) is 6.42 Å². The molecule has 76 valence electrons. The fourth-order valence-electron chi connectivity index (χ4n) is 1.40. The fourth-order valence-corrected chi connectivity index (χ4v) is 1.40. The van der Waals surface area contributed by atoms with Gasteiger partial charge in [-0.1, -0.05) is 49.8 Å². The van der Waals surface area contributed by atoms with Crippen molar-refractivity contribution in [3.05, 3.63) is 41.5 Å². The van der Waals surface area contributed by atoms with Crippen LogP contribution in [-0.2, 0) is 6.42 Å². The molecule has 2 N–H and O–H groups in total. The molecule has 0 amide bonds. The lowest BCUT2D eigenvalue weighted by Gasteiger charge is -2.00. The van der Waals surface area contributed by atoms with Crippen molar-refractivity contribution in [2.75, 3.05) is 0 Å². The summed E-state index contributed by atoms with van der Waals surface area (Å²) in [4.78, 5) is 0. The van der Waals surface area contributed by atoms with Gasteiger partial charge in [0, 0.05) is 6.04 Å². The number of nitrogens with two attached hydrogens (primary N) is 1. The van der Waals surface area contributed by atoms with Crippen LogP contribution in [0.25, 0.3) is 6.08 Å². The van der Waals surface area contributed by atoms with Gasteiger partial charge in [0.05, 0.1) is 0 Å². The fraction of sp³-hybridized carbons (Fsp3) is 0.385. The molecule has 1 rings (SSSR count). The number of hydrogen-bond donors (Lipinski definition) is 1. The number of hydrogen-bond acceptors (Lipinski definition) is 1. The van der Waals surface area contributed by atoms with Crippen LogP contribution in [0.15, 0.2) is 30.3 Å². The van der Waals surface area contributed by atoms with Gasteiger partial charge in [-0.15, -0.1) is 0 Å². The summed E-state index contributed by atoms with van der Waals surface area (Å²) in [6.07, 6.45) is 6.45. The van der Waals surface area contributed by atoms with E-state index in [1.807, 2.05) is 13.0 Å². The first kappa shape index (κ1) is 11.0. The van der Waals surface area contributed by atoms with Crippen LogP contribution < -0.4 is 5.73 Å². The average molecular weight is 189 g/mol. The topological polar surface area (TPSA) is 26.0 Å². The Morgan fingerprint density at radius 3 is 2.86 bits per heavy atom. The summed E-state index contributed by atoms with van der Waals surface area (Å²) in [6, 6.07) is 8.74. The quantitative estimate of drug-likeness (QED) is 0.774. The minimum atomic E-state index is 0.129. The van der Waals surface area contributed by atoms with Crippen LogP contribution in [0.4, 0.5) is 0 Å². The summed E-state index contributed by atoms with van der Waals surface area (Å²) in [6.45, 7) is 4.18. The number of benzene rings is 1. The molecule has 1 unspecified atom stereocenters. The van der Waals surface area contributed by atoms with Gasteiger partial charge in [0.15, 0.2) is 0 Å². The van der Waals surface area contributed by atoms with E-state index in [2.05, 4.69) is 37.3 Å². The molecule has 1 nitrogen and oxygen atoms in total. The Balaban J connectivity index is 2.73. The third-order valence-corrected chi connectivity index (χ3v) is 2.08. The van der Waals surface area contributed by atoms with Crippen molar-refractivity contribution in [3.63, 3.8) is 0 Å². The first-order valence-electron chi connectivity index (χ1n) is 5.25. The van der Waals surface area contributed by atoms with Gasteiger partial charge >= 0.3 is 0 Å². The van der Waals surface area contributed by atoms with E-state index < -0.39 is 0 Å². The Kier molecular flexibility index (Phi) is 4.41. The zero-order valence-electron chi connectivity index (χ0n) is 9.03. The maximum Gasteiger partial charge on any atom is 0.0198 e. The molecule has 0 aliphatic rings. The average Bonchev–Trinajstić information content (AvgIpc) is 2.16. The van der Waals surface area contributed by atoms with Crippen LogP contribution in [0.3, 0.4) is 0 Å². The number of aryl methyl sites for hydroxylation is 1. The monoisotopic (exact) mass is 189 g/mol. The van der Waals surface area contributed by atoms with E-state index in [0.29, 0.717) is 0 Å². The highest BCUT2D eigenvalue weighted by molar-refractivity contribution is 5.50. The Hall–Kier alpha value is -1.08. The molecule has 0 spiro atoms. The summed E-state index contributed by atoms with van der Waals surface area (Å²) < 4.78 is 0. The van der Waals surface area contributed by atoms with E-state index in [1.54, 1.807) is 0 Å². The van der Waals surface area contributed by atoms with Crippen molar-refractivity contribution in [3.8, 4) is 0 Å². The van der Waals surface area contributed by atoms with Crippen molar-refractivity contribution in [2.24, 2.45) is 5.73 Å². The number of rotatable bonds is 4. The molecule has 1 atom stereocenters. The molecule has 1 aromatic rings. The zero-order valence-corrected chi connectivity index (χ0v) is 9.03. The standard InChI is InChI=1S/C13H19N/c1-3-5-12-6-4-7-13(10-12)9-8-11(2)14/h4,6-11H,3,5,14H2,1-2H3/b9-8+. The van der Waals surface area contributed by atoms with Crippen molar-refractivity contribution >= 4 is 6.08 Å². The van der Waals surface area contributed by atoms with Gasteiger partial charge in [-0.05, 0) is 24.5 Å². The van der Waals surface area contributed by atoms with Gasteiger partial charge in [-0.25, -0.2) is 0 Å². The van der Waals surface area contributed by atoms with Gasteiger partial charge in [-0.2, -0.15) is 0 Å². The maximum atomic E-state index is 5.65. The van der Waals surface area contributed by atoms with Crippen LogP contribution in [0.2, 0.25) is 0 Å². The third-order valence-electron chi connectivity index (χ3n) is 2.08. The largest absolute Gasteiger partial charge is 0.325 e. The first-order chi connectivity index (χ1) is 6.72. The highest BCUT2D eigenvalue weighted by Gasteiger charge is 1.92. The predicted octanol–water partition coefficient (Wildman–Crippen LogP) is 3.00. The highest BCUT2D eigenvalue weighted by Crippen LogP contribution is 2.09. The molecule has 0 aliphatic heterocycles. The Morgan fingerprint density at radius 2 is 2.21 bits per heavy atom. The zero-order chi connectivity index (χ0) is 10.4. The summed E-state index contributed by atoms with van der Waals surface area (Å²) in [5.74, 6) is 0. The normalized spacial score (nSPS) is 13.4. The molecule has 1 aromatic carbocycles. The first-order valence-corrected chi connectivity index (χ1v) is 5.25. The molecular formula is C13H19N. The molecule has 0 fully saturated rings. The van der Waals surface area contributed by atoms with E-state index in [4.69, 9.17) is 5.73 Å². The third kappa shape index (κ3) is 3.75. The van der Waals surface area contributed by atoms with E-state index in [9.17, 15) is 0 Å². The second-order valence-corrected chi connectivity index (χ2v) is 3.71. The molecular weight excluding hydrogens is 170 g/mol. The van der Waals surface area contributed by atoms with Crippen LogP contribution in [-0.4, -0.2) is 6.04 Å².